The number of allylic oxidation sites excluding steroid dienone is 2. The second kappa shape index (κ2) is 7.55. The molecule has 0 amide bonds. The van der Waals surface area contributed by atoms with Gasteiger partial charge in [-0.1, -0.05) is 5.57 Å². The topological polar surface area (TPSA) is 38.8 Å². The largest absolute Gasteiger partial charge is 0.497 e. The van der Waals surface area contributed by atoms with Crippen LogP contribution in [-0.2, 0) is 11.2 Å². The van der Waals surface area contributed by atoms with Crippen LogP contribution in [0, 0.1) is 11.3 Å². The molecule has 0 bridgehead atoms. The molecule has 4 nitrogen and oxygen atoms in total. The molecule has 0 aliphatic heterocycles. The van der Waals surface area contributed by atoms with Crippen LogP contribution in [0.25, 0.3) is 5.57 Å². The fraction of sp³-hybridized carbons (Fsp3) is 0.625. The number of ketones is 1. The standard InChI is InChI=1S/C24H33NO3/c1-25(2)13-5-11-24-12-10-19-18(20(24)8-9-22(24)26)7-6-16-14-17(27-3)15-21(28-4)23(16)19/h14-15,20H,5-13H2,1-4H3/t20-,24-/m0/s1. The number of carbonyl (C=O) groups excluding carboxylic acids is 1. The third-order valence-electron chi connectivity index (χ3n) is 7.32. The van der Waals surface area contributed by atoms with Crippen molar-refractivity contribution in [2.45, 2.75) is 51.4 Å². The van der Waals surface area contributed by atoms with Crippen molar-refractivity contribution in [3.8, 4) is 11.5 Å². The van der Waals surface area contributed by atoms with Crippen LogP contribution in [0.2, 0.25) is 0 Å². The number of rotatable bonds is 6. The number of carbonyl (C=O) groups is 1. The first-order valence-corrected chi connectivity index (χ1v) is 10.7. The van der Waals surface area contributed by atoms with Crippen molar-refractivity contribution in [1.82, 2.24) is 4.90 Å². The summed E-state index contributed by atoms with van der Waals surface area (Å²) in [5.41, 5.74) is 5.53. The molecule has 3 aliphatic rings. The van der Waals surface area contributed by atoms with Crippen LogP contribution >= 0.6 is 0 Å². The average molecular weight is 384 g/mol. The van der Waals surface area contributed by atoms with Crippen molar-refractivity contribution < 1.29 is 14.3 Å². The lowest BCUT2D eigenvalue weighted by molar-refractivity contribution is -0.128. The molecule has 2 atom stereocenters. The van der Waals surface area contributed by atoms with Gasteiger partial charge in [0.25, 0.3) is 0 Å². The van der Waals surface area contributed by atoms with E-state index in [1.165, 1.54) is 16.7 Å². The fourth-order valence-corrected chi connectivity index (χ4v) is 6.03. The molecule has 4 heteroatoms. The molecule has 28 heavy (non-hydrogen) atoms. The lowest BCUT2D eigenvalue weighted by atomic mass is 9.60. The molecule has 152 valence electrons. The minimum atomic E-state index is -0.105. The normalized spacial score (nSPS) is 26.2. The highest BCUT2D eigenvalue weighted by Crippen LogP contribution is 2.59. The number of hydrogen-bond acceptors (Lipinski definition) is 4. The second-order valence-corrected chi connectivity index (χ2v) is 8.94. The van der Waals surface area contributed by atoms with Crippen LogP contribution in [0.3, 0.4) is 0 Å². The predicted molar refractivity (Wildman–Crippen MR) is 112 cm³/mol. The van der Waals surface area contributed by atoms with Gasteiger partial charge in [0.1, 0.15) is 17.3 Å². The minimum Gasteiger partial charge on any atom is -0.497 e. The monoisotopic (exact) mass is 383 g/mol. The van der Waals surface area contributed by atoms with Gasteiger partial charge < -0.3 is 14.4 Å². The minimum absolute atomic E-state index is 0.105. The molecule has 0 aromatic heterocycles. The third-order valence-corrected chi connectivity index (χ3v) is 7.32. The summed E-state index contributed by atoms with van der Waals surface area (Å²) in [5.74, 6) is 2.75. The van der Waals surface area contributed by atoms with E-state index in [1.807, 2.05) is 6.07 Å². The van der Waals surface area contributed by atoms with E-state index in [0.717, 1.165) is 69.4 Å². The van der Waals surface area contributed by atoms with Crippen LogP contribution in [0.5, 0.6) is 11.5 Å². The van der Waals surface area contributed by atoms with Crippen molar-refractivity contribution in [2.24, 2.45) is 11.3 Å². The van der Waals surface area contributed by atoms with E-state index in [-0.39, 0.29) is 5.41 Å². The Morgan fingerprint density at radius 1 is 1.11 bits per heavy atom. The highest BCUT2D eigenvalue weighted by atomic mass is 16.5. The zero-order valence-corrected chi connectivity index (χ0v) is 17.8. The predicted octanol–water partition coefficient (Wildman–Crippen LogP) is 4.50. The number of aryl methyl sites for hydroxylation is 1. The van der Waals surface area contributed by atoms with Gasteiger partial charge in [-0.15, -0.1) is 0 Å². The molecule has 0 spiro atoms. The highest BCUT2D eigenvalue weighted by Gasteiger charge is 2.53. The molecule has 0 unspecified atom stereocenters. The maximum Gasteiger partial charge on any atom is 0.139 e. The molecule has 1 aromatic carbocycles. The Hall–Kier alpha value is -1.81. The molecule has 3 aliphatic carbocycles. The molecule has 0 N–H and O–H groups in total. The van der Waals surface area contributed by atoms with Crippen LogP contribution in [-0.4, -0.2) is 45.5 Å². The maximum absolute atomic E-state index is 13.1. The molecule has 4 rings (SSSR count). The van der Waals surface area contributed by atoms with Gasteiger partial charge in [0.2, 0.25) is 0 Å². The Balaban J connectivity index is 1.72. The zero-order valence-electron chi connectivity index (χ0n) is 17.8. The van der Waals surface area contributed by atoms with Crippen molar-refractivity contribution >= 4 is 11.4 Å². The molecule has 1 saturated carbocycles. The highest BCUT2D eigenvalue weighted by molar-refractivity contribution is 5.91. The zero-order chi connectivity index (χ0) is 19.9. The van der Waals surface area contributed by atoms with Crippen LogP contribution in [0.15, 0.2) is 17.7 Å². The number of benzene rings is 1. The smallest absolute Gasteiger partial charge is 0.139 e. The van der Waals surface area contributed by atoms with Crippen molar-refractivity contribution in [3.05, 3.63) is 28.8 Å². The summed E-state index contributed by atoms with van der Waals surface area (Å²) in [6.07, 6.45) is 8.02. The van der Waals surface area contributed by atoms with Gasteiger partial charge in [0, 0.05) is 23.5 Å². The summed E-state index contributed by atoms with van der Waals surface area (Å²) in [6.45, 7) is 1.06. The molecule has 1 fully saturated rings. The van der Waals surface area contributed by atoms with Gasteiger partial charge in [0.15, 0.2) is 0 Å². The Morgan fingerprint density at radius 3 is 2.64 bits per heavy atom. The second-order valence-electron chi connectivity index (χ2n) is 8.94. The van der Waals surface area contributed by atoms with Crippen LogP contribution in [0.1, 0.15) is 56.1 Å². The Labute approximate surface area is 168 Å². The number of ether oxygens (including phenoxy) is 2. The van der Waals surface area contributed by atoms with Gasteiger partial charge in [-0.2, -0.15) is 0 Å². The van der Waals surface area contributed by atoms with Crippen molar-refractivity contribution in [3.63, 3.8) is 0 Å². The first-order valence-electron chi connectivity index (χ1n) is 10.7. The number of hydrogen-bond donors (Lipinski definition) is 0. The molecular formula is C24H33NO3. The van der Waals surface area contributed by atoms with Crippen LogP contribution in [0.4, 0.5) is 0 Å². The fourth-order valence-electron chi connectivity index (χ4n) is 6.03. The van der Waals surface area contributed by atoms with E-state index in [0.29, 0.717) is 11.7 Å². The quantitative estimate of drug-likeness (QED) is 0.725. The van der Waals surface area contributed by atoms with E-state index >= 15 is 0 Å². The summed E-state index contributed by atoms with van der Waals surface area (Å²) in [4.78, 5) is 15.3. The Kier molecular flexibility index (Phi) is 5.26. The molecule has 0 heterocycles. The summed E-state index contributed by atoms with van der Waals surface area (Å²) in [7, 11) is 7.69. The lowest BCUT2D eigenvalue weighted by Crippen LogP contribution is -2.38. The van der Waals surface area contributed by atoms with E-state index in [4.69, 9.17) is 9.47 Å². The SMILES string of the molecule is COc1cc2c(c(OC)c1)C1=C(CC2)[C@@H]2CCC(=O)[C@@]2(CCCN(C)C)CC1. The summed E-state index contributed by atoms with van der Waals surface area (Å²) < 4.78 is 11.2. The van der Waals surface area contributed by atoms with Gasteiger partial charge in [-0.25, -0.2) is 0 Å². The number of Topliss-reactive ketones (excluding diaryl/α,β-unsaturated/α-hetero) is 1. The first kappa shape index (κ1) is 19.5. The van der Waals surface area contributed by atoms with Crippen molar-refractivity contribution in [1.29, 1.82) is 0 Å². The molecular weight excluding hydrogens is 350 g/mol. The van der Waals surface area contributed by atoms with Gasteiger partial charge in [-0.3, -0.25) is 4.79 Å². The lowest BCUT2D eigenvalue weighted by Gasteiger charge is -2.43. The van der Waals surface area contributed by atoms with E-state index < -0.39 is 0 Å². The van der Waals surface area contributed by atoms with Crippen LogP contribution < -0.4 is 9.47 Å². The number of methoxy groups -OCH3 is 2. The first-order chi connectivity index (χ1) is 13.5. The Bertz CT molecular complexity index is 810. The third kappa shape index (κ3) is 3.06. The van der Waals surface area contributed by atoms with Gasteiger partial charge >= 0.3 is 0 Å². The average Bonchev–Trinajstić information content (AvgIpc) is 3.03. The number of fused-ring (bicyclic) bond motifs is 4. The van der Waals surface area contributed by atoms with Gasteiger partial charge in [0.05, 0.1) is 14.2 Å². The molecule has 0 radical (unpaired) electrons. The van der Waals surface area contributed by atoms with E-state index in [9.17, 15) is 4.79 Å². The van der Waals surface area contributed by atoms with E-state index in [2.05, 4.69) is 25.1 Å². The van der Waals surface area contributed by atoms with Gasteiger partial charge in [-0.05, 0) is 88.7 Å². The van der Waals surface area contributed by atoms with E-state index in [1.54, 1.807) is 19.8 Å². The number of nitrogens with zero attached hydrogens (tertiary/aromatic N) is 1. The van der Waals surface area contributed by atoms with Crippen molar-refractivity contribution in [2.75, 3.05) is 34.9 Å². The summed E-state index contributed by atoms with van der Waals surface area (Å²) >= 11 is 0. The summed E-state index contributed by atoms with van der Waals surface area (Å²) in [5, 5.41) is 0. The molecule has 0 saturated heterocycles. The Morgan fingerprint density at radius 2 is 1.93 bits per heavy atom. The summed E-state index contributed by atoms with van der Waals surface area (Å²) in [6, 6.07) is 4.17. The maximum atomic E-state index is 13.1. The molecule has 1 aromatic rings.